The fourth-order valence-electron chi connectivity index (χ4n) is 2.95. The third kappa shape index (κ3) is 5.45. The van der Waals surface area contributed by atoms with Crippen LogP contribution >= 0.6 is 0 Å². The van der Waals surface area contributed by atoms with E-state index in [0.29, 0.717) is 12.1 Å². The van der Waals surface area contributed by atoms with Crippen molar-refractivity contribution in [1.29, 1.82) is 0 Å². The molecule has 0 heterocycles. The Hall–Kier alpha value is -3.60. The number of nitrogens with one attached hydrogen (secondary N) is 2. The molecule has 0 saturated carbocycles. The maximum Gasteiger partial charge on any atom is 0.252 e. The molecule has 0 aromatic heterocycles. The number of anilines is 1. The molecule has 3 aromatic rings. The van der Waals surface area contributed by atoms with E-state index in [4.69, 9.17) is 0 Å². The normalized spacial score (nSPS) is 11.4. The smallest absolute Gasteiger partial charge is 0.252 e. The number of benzene rings is 3. The molecule has 29 heavy (non-hydrogen) atoms. The third-order valence-corrected chi connectivity index (χ3v) is 4.63. The van der Waals surface area contributed by atoms with Crippen LogP contribution in [0.2, 0.25) is 0 Å². The molecule has 2 amide bonds. The molecule has 0 aliphatic rings. The van der Waals surface area contributed by atoms with Gasteiger partial charge in [0, 0.05) is 31.9 Å². The lowest BCUT2D eigenvalue weighted by molar-refractivity contribution is -0.123. The number of nitrogens with zero attached hydrogens (tertiary/aromatic N) is 1. The second kappa shape index (κ2) is 9.55. The van der Waals surface area contributed by atoms with E-state index >= 15 is 0 Å². The molecule has 148 valence electrons. The quantitative estimate of drug-likeness (QED) is 0.652. The minimum absolute atomic E-state index is 0.253. The molecule has 5 nitrogen and oxygen atoms in total. The van der Waals surface area contributed by atoms with E-state index in [1.807, 2.05) is 79.7 Å². The van der Waals surface area contributed by atoms with Crippen LogP contribution in [0.5, 0.6) is 0 Å². The summed E-state index contributed by atoms with van der Waals surface area (Å²) in [6.07, 6.45) is 0. The number of carbonyl (C=O) groups is 2. The fourth-order valence-corrected chi connectivity index (χ4v) is 2.95. The predicted octanol–water partition coefficient (Wildman–Crippen LogP) is 3.54. The van der Waals surface area contributed by atoms with Gasteiger partial charge in [0.05, 0.1) is 0 Å². The molecule has 1 atom stereocenters. The Morgan fingerprint density at radius 3 is 2.00 bits per heavy atom. The highest BCUT2D eigenvalue weighted by Gasteiger charge is 2.23. The van der Waals surface area contributed by atoms with Crippen molar-refractivity contribution in [3.8, 4) is 0 Å². The number of hydrogen-bond acceptors (Lipinski definition) is 3. The van der Waals surface area contributed by atoms with E-state index in [9.17, 15) is 9.59 Å². The Morgan fingerprint density at radius 1 is 0.828 bits per heavy atom. The zero-order valence-electron chi connectivity index (χ0n) is 16.6. The summed E-state index contributed by atoms with van der Waals surface area (Å²) < 4.78 is 0. The van der Waals surface area contributed by atoms with Crippen molar-refractivity contribution < 1.29 is 9.59 Å². The van der Waals surface area contributed by atoms with Gasteiger partial charge in [-0.25, -0.2) is 0 Å². The highest BCUT2D eigenvalue weighted by molar-refractivity contribution is 5.97. The van der Waals surface area contributed by atoms with Crippen molar-refractivity contribution in [2.45, 2.75) is 12.6 Å². The SMILES string of the molecule is CN(C)c1ccc(CNC(=O)C(NC(=O)c2ccccc2)c2ccccc2)cc1. The van der Waals surface area contributed by atoms with Crippen LogP contribution in [0.25, 0.3) is 0 Å². The molecule has 2 N–H and O–H groups in total. The first kappa shape index (κ1) is 20.1. The first-order valence-electron chi connectivity index (χ1n) is 9.49. The minimum Gasteiger partial charge on any atom is -0.378 e. The van der Waals surface area contributed by atoms with E-state index in [1.54, 1.807) is 24.3 Å². The average Bonchev–Trinajstić information content (AvgIpc) is 2.77. The van der Waals surface area contributed by atoms with Crippen LogP contribution in [-0.4, -0.2) is 25.9 Å². The van der Waals surface area contributed by atoms with Gasteiger partial charge in [0.15, 0.2) is 0 Å². The molecule has 0 bridgehead atoms. The van der Waals surface area contributed by atoms with Crippen molar-refractivity contribution >= 4 is 17.5 Å². The third-order valence-electron chi connectivity index (χ3n) is 4.63. The van der Waals surface area contributed by atoms with Crippen LogP contribution in [0.4, 0.5) is 5.69 Å². The summed E-state index contributed by atoms with van der Waals surface area (Å²) in [6, 6.07) is 25.3. The van der Waals surface area contributed by atoms with Crippen LogP contribution in [0.3, 0.4) is 0 Å². The molecular formula is C24H25N3O2. The Kier molecular flexibility index (Phi) is 6.63. The lowest BCUT2D eigenvalue weighted by Gasteiger charge is -2.19. The van der Waals surface area contributed by atoms with E-state index in [0.717, 1.165) is 16.8 Å². The average molecular weight is 387 g/mol. The van der Waals surface area contributed by atoms with Gasteiger partial charge in [-0.15, -0.1) is 0 Å². The maximum absolute atomic E-state index is 12.9. The van der Waals surface area contributed by atoms with Gasteiger partial charge in [-0.05, 0) is 35.4 Å². The summed E-state index contributed by atoms with van der Waals surface area (Å²) in [5.74, 6) is -0.540. The summed E-state index contributed by atoms with van der Waals surface area (Å²) >= 11 is 0. The molecule has 0 aliphatic carbocycles. The molecule has 0 spiro atoms. The molecule has 0 aliphatic heterocycles. The highest BCUT2D eigenvalue weighted by Crippen LogP contribution is 2.16. The zero-order chi connectivity index (χ0) is 20.6. The Bertz CT molecular complexity index is 939. The number of carbonyl (C=O) groups excluding carboxylic acids is 2. The summed E-state index contributed by atoms with van der Waals surface area (Å²) in [7, 11) is 3.97. The Morgan fingerprint density at radius 2 is 1.41 bits per heavy atom. The second-order valence-electron chi connectivity index (χ2n) is 6.96. The first-order chi connectivity index (χ1) is 14.0. The highest BCUT2D eigenvalue weighted by atomic mass is 16.2. The van der Waals surface area contributed by atoms with Gasteiger partial charge >= 0.3 is 0 Å². The molecular weight excluding hydrogens is 362 g/mol. The van der Waals surface area contributed by atoms with Crippen LogP contribution in [0.15, 0.2) is 84.9 Å². The van der Waals surface area contributed by atoms with Crippen molar-refractivity contribution in [1.82, 2.24) is 10.6 Å². The largest absolute Gasteiger partial charge is 0.378 e. The summed E-state index contributed by atoms with van der Waals surface area (Å²) in [5, 5.41) is 5.79. The Labute approximate surface area is 171 Å². The molecule has 1 unspecified atom stereocenters. The van der Waals surface area contributed by atoms with Gasteiger partial charge in [0.1, 0.15) is 6.04 Å². The van der Waals surface area contributed by atoms with E-state index < -0.39 is 6.04 Å². The summed E-state index contributed by atoms with van der Waals surface area (Å²) in [4.78, 5) is 27.6. The second-order valence-corrected chi connectivity index (χ2v) is 6.96. The zero-order valence-corrected chi connectivity index (χ0v) is 16.6. The molecule has 0 fully saturated rings. The molecule has 5 heteroatoms. The molecule has 0 radical (unpaired) electrons. The molecule has 3 aromatic carbocycles. The molecule has 3 rings (SSSR count). The summed E-state index contributed by atoms with van der Waals surface area (Å²) in [6.45, 7) is 0.386. The predicted molar refractivity (Wildman–Crippen MR) is 116 cm³/mol. The van der Waals surface area contributed by atoms with Gasteiger partial charge in [0.2, 0.25) is 5.91 Å². The van der Waals surface area contributed by atoms with Crippen molar-refractivity contribution in [2.24, 2.45) is 0 Å². The summed E-state index contributed by atoms with van der Waals surface area (Å²) in [5.41, 5.74) is 3.33. The molecule has 0 saturated heterocycles. The van der Waals surface area contributed by atoms with Crippen molar-refractivity contribution in [3.05, 3.63) is 102 Å². The number of amides is 2. The first-order valence-corrected chi connectivity index (χ1v) is 9.49. The van der Waals surface area contributed by atoms with E-state index in [-0.39, 0.29) is 11.8 Å². The van der Waals surface area contributed by atoms with E-state index in [2.05, 4.69) is 10.6 Å². The topological polar surface area (TPSA) is 61.4 Å². The van der Waals surface area contributed by atoms with Gasteiger partial charge in [0.25, 0.3) is 5.91 Å². The fraction of sp³-hybridized carbons (Fsp3) is 0.167. The van der Waals surface area contributed by atoms with Crippen molar-refractivity contribution in [3.63, 3.8) is 0 Å². The monoisotopic (exact) mass is 387 g/mol. The number of hydrogen-bond donors (Lipinski definition) is 2. The maximum atomic E-state index is 12.9. The van der Waals surface area contributed by atoms with Crippen LogP contribution < -0.4 is 15.5 Å². The Balaban J connectivity index is 1.71. The van der Waals surface area contributed by atoms with Gasteiger partial charge in [-0.3, -0.25) is 9.59 Å². The minimum atomic E-state index is -0.773. The lowest BCUT2D eigenvalue weighted by atomic mass is 10.0. The van der Waals surface area contributed by atoms with Crippen LogP contribution in [0.1, 0.15) is 27.5 Å². The van der Waals surface area contributed by atoms with Gasteiger partial charge < -0.3 is 15.5 Å². The van der Waals surface area contributed by atoms with Gasteiger partial charge in [-0.1, -0.05) is 60.7 Å². The lowest BCUT2D eigenvalue weighted by Crippen LogP contribution is -2.40. The van der Waals surface area contributed by atoms with E-state index in [1.165, 1.54) is 0 Å². The van der Waals surface area contributed by atoms with Gasteiger partial charge in [-0.2, -0.15) is 0 Å². The van der Waals surface area contributed by atoms with Crippen molar-refractivity contribution in [2.75, 3.05) is 19.0 Å². The number of rotatable bonds is 7. The standard InChI is InChI=1S/C24H25N3O2/c1-27(2)21-15-13-18(14-16-21)17-25-24(29)22(19-9-5-3-6-10-19)26-23(28)20-11-7-4-8-12-20/h3-16,22H,17H2,1-2H3,(H,25,29)(H,26,28). The van der Waals surface area contributed by atoms with Crippen LogP contribution in [-0.2, 0) is 11.3 Å². The van der Waals surface area contributed by atoms with Crippen LogP contribution in [0, 0.1) is 0 Å².